The number of esters is 1. The van der Waals surface area contributed by atoms with Gasteiger partial charge in [-0.05, 0) is 31.5 Å². The van der Waals surface area contributed by atoms with Gasteiger partial charge in [-0.1, -0.05) is 12.1 Å². The minimum absolute atomic E-state index is 0.309. The van der Waals surface area contributed by atoms with Crippen LogP contribution in [-0.2, 0) is 24.9 Å². The van der Waals surface area contributed by atoms with Crippen molar-refractivity contribution in [1.82, 2.24) is 15.1 Å². The topological polar surface area (TPSA) is 56.1 Å². The number of hydrogen-bond donors (Lipinski definition) is 1. The van der Waals surface area contributed by atoms with Crippen molar-refractivity contribution in [3.05, 3.63) is 52.3 Å². The largest absolute Gasteiger partial charge is 0.465 e. The molecular weight excluding hydrogens is 266 g/mol. The van der Waals surface area contributed by atoms with E-state index in [1.54, 1.807) is 12.1 Å². The molecule has 0 atom stereocenters. The second-order valence-electron chi connectivity index (χ2n) is 5.07. The molecule has 112 valence electrons. The third-order valence-corrected chi connectivity index (χ3v) is 3.66. The van der Waals surface area contributed by atoms with Crippen LogP contribution in [0.2, 0.25) is 0 Å². The Morgan fingerprint density at radius 3 is 2.43 bits per heavy atom. The third-order valence-electron chi connectivity index (χ3n) is 3.66. The van der Waals surface area contributed by atoms with Gasteiger partial charge in [0.05, 0.1) is 18.4 Å². The zero-order valence-corrected chi connectivity index (χ0v) is 12.9. The Kier molecular flexibility index (Phi) is 4.75. The van der Waals surface area contributed by atoms with Crippen LogP contribution in [0.5, 0.6) is 0 Å². The van der Waals surface area contributed by atoms with Crippen LogP contribution in [0.3, 0.4) is 0 Å². The Balaban J connectivity index is 1.93. The van der Waals surface area contributed by atoms with Crippen molar-refractivity contribution in [2.75, 3.05) is 7.11 Å². The number of aryl methyl sites for hydroxylation is 2. The van der Waals surface area contributed by atoms with Gasteiger partial charge in [0.25, 0.3) is 0 Å². The van der Waals surface area contributed by atoms with E-state index in [4.69, 9.17) is 0 Å². The van der Waals surface area contributed by atoms with Gasteiger partial charge in [-0.3, -0.25) is 4.68 Å². The van der Waals surface area contributed by atoms with Crippen molar-refractivity contribution in [3.63, 3.8) is 0 Å². The summed E-state index contributed by atoms with van der Waals surface area (Å²) in [6.45, 7) is 5.62. The Hall–Kier alpha value is -2.14. The highest BCUT2D eigenvalue weighted by Gasteiger charge is 2.08. The highest BCUT2D eigenvalue weighted by Crippen LogP contribution is 2.12. The van der Waals surface area contributed by atoms with E-state index in [0.717, 1.165) is 24.3 Å². The number of benzene rings is 1. The Labute approximate surface area is 124 Å². The summed E-state index contributed by atoms with van der Waals surface area (Å²) < 4.78 is 6.58. The first kappa shape index (κ1) is 15.3. The molecule has 0 bridgehead atoms. The fourth-order valence-electron chi connectivity index (χ4n) is 2.28. The minimum Gasteiger partial charge on any atom is -0.465 e. The third kappa shape index (κ3) is 3.49. The SMILES string of the molecule is COC(=O)c1ccc(CNCc2c(C)nn(C)c2C)cc1. The lowest BCUT2D eigenvalue weighted by atomic mass is 10.1. The van der Waals surface area contributed by atoms with Gasteiger partial charge in [0.15, 0.2) is 0 Å². The number of aromatic nitrogens is 2. The van der Waals surface area contributed by atoms with E-state index < -0.39 is 0 Å². The molecule has 1 aromatic heterocycles. The van der Waals surface area contributed by atoms with Gasteiger partial charge in [0.1, 0.15) is 0 Å². The van der Waals surface area contributed by atoms with Crippen molar-refractivity contribution in [2.24, 2.45) is 7.05 Å². The zero-order valence-electron chi connectivity index (χ0n) is 12.9. The summed E-state index contributed by atoms with van der Waals surface area (Å²) in [7, 11) is 3.34. The van der Waals surface area contributed by atoms with Gasteiger partial charge in [-0.2, -0.15) is 5.10 Å². The molecule has 0 fully saturated rings. The number of carbonyl (C=O) groups excluding carboxylic acids is 1. The average Bonchev–Trinajstić information content (AvgIpc) is 2.73. The molecule has 0 aliphatic carbocycles. The van der Waals surface area contributed by atoms with Crippen molar-refractivity contribution >= 4 is 5.97 Å². The first-order valence-electron chi connectivity index (χ1n) is 6.90. The van der Waals surface area contributed by atoms with E-state index in [9.17, 15) is 4.79 Å². The van der Waals surface area contributed by atoms with E-state index in [-0.39, 0.29) is 5.97 Å². The molecule has 5 nitrogen and oxygen atoms in total. The molecule has 0 unspecified atom stereocenters. The van der Waals surface area contributed by atoms with Crippen LogP contribution in [0, 0.1) is 13.8 Å². The van der Waals surface area contributed by atoms with Crippen LogP contribution in [0.4, 0.5) is 0 Å². The molecule has 5 heteroatoms. The highest BCUT2D eigenvalue weighted by molar-refractivity contribution is 5.89. The van der Waals surface area contributed by atoms with Crippen LogP contribution in [0.15, 0.2) is 24.3 Å². The lowest BCUT2D eigenvalue weighted by Crippen LogP contribution is -2.14. The molecule has 1 aromatic carbocycles. The molecule has 0 spiro atoms. The lowest BCUT2D eigenvalue weighted by Gasteiger charge is -2.06. The monoisotopic (exact) mass is 287 g/mol. The van der Waals surface area contributed by atoms with E-state index in [1.807, 2.05) is 30.8 Å². The van der Waals surface area contributed by atoms with E-state index in [0.29, 0.717) is 5.56 Å². The minimum atomic E-state index is -0.309. The van der Waals surface area contributed by atoms with Crippen molar-refractivity contribution < 1.29 is 9.53 Å². The zero-order chi connectivity index (χ0) is 15.4. The Morgan fingerprint density at radius 2 is 1.90 bits per heavy atom. The second kappa shape index (κ2) is 6.54. The smallest absolute Gasteiger partial charge is 0.337 e. The van der Waals surface area contributed by atoms with Crippen molar-refractivity contribution in [3.8, 4) is 0 Å². The predicted molar refractivity (Wildman–Crippen MR) is 81.0 cm³/mol. The normalized spacial score (nSPS) is 10.7. The summed E-state index contributed by atoms with van der Waals surface area (Å²) in [6.07, 6.45) is 0. The van der Waals surface area contributed by atoms with E-state index in [2.05, 4.69) is 22.1 Å². The van der Waals surface area contributed by atoms with Crippen molar-refractivity contribution in [2.45, 2.75) is 26.9 Å². The quantitative estimate of drug-likeness (QED) is 0.856. The maximum absolute atomic E-state index is 11.4. The fraction of sp³-hybridized carbons (Fsp3) is 0.375. The maximum Gasteiger partial charge on any atom is 0.337 e. The van der Waals surface area contributed by atoms with Crippen LogP contribution < -0.4 is 5.32 Å². The fourth-order valence-corrected chi connectivity index (χ4v) is 2.28. The molecule has 1 heterocycles. The van der Waals surface area contributed by atoms with Gasteiger partial charge in [-0.25, -0.2) is 4.79 Å². The lowest BCUT2D eigenvalue weighted by molar-refractivity contribution is 0.0600. The number of methoxy groups -OCH3 is 1. The molecule has 0 radical (unpaired) electrons. The van der Waals surface area contributed by atoms with Crippen LogP contribution in [0.25, 0.3) is 0 Å². The second-order valence-corrected chi connectivity index (χ2v) is 5.07. The molecule has 0 aliphatic heterocycles. The van der Waals surface area contributed by atoms with Crippen LogP contribution in [0.1, 0.15) is 32.9 Å². The van der Waals surface area contributed by atoms with E-state index in [1.165, 1.54) is 18.4 Å². The standard InChI is InChI=1S/C16H21N3O2/c1-11-15(12(2)19(3)18-11)10-17-9-13-5-7-14(8-6-13)16(20)21-4/h5-8,17H,9-10H2,1-4H3. The number of hydrogen-bond acceptors (Lipinski definition) is 4. The molecule has 2 aromatic rings. The summed E-state index contributed by atoms with van der Waals surface area (Å²) in [5.41, 5.74) is 5.18. The first-order valence-corrected chi connectivity index (χ1v) is 6.90. The summed E-state index contributed by atoms with van der Waals surface area (Å²) in [4.78, 5) is 11.4. The highest BCUT2D eigenvalue weighted by atomic mass is 16.5. The molecular formula is C16H21N3O2. The van der Waals surface area contributed by atoms with Gasteiger partial charge in [0.2, 0.25) is 0 Å². The average molecular weight is 287 g/mol. The molecule has 0 amide bonds. The number of carbonyl (C=O) groups is 1. The molecule has 21 heavy (non-hydrogen) atoms. The predicted octanol–water partition coefficient (Wildman–Crippen LogP) is 2.11. The summed E-state index contributed by atoms with van der Waals surface area (Å²) >= 11 is 0. The van der Waals surface area contributed by atoms with Crippen LogP contribution >= 0.6 is 0 Å². The van der Waals surface area contributed by atoms with Gasteiger partial charge in [-0.15, -0.1) is 0 Å². The molecule has 1 N–H and O–H groups in total. The number of nitrogens with one attached hydrogen (secondary N) is 1. The number of ether oxygens (including phenoxy) is 1. The summed E-state index contributed by atoms with van der Waals surface area (Å²) in [6, 6.07) is 7.43. The Morgan fingerprint density at radius 1 is 1.24 bits per heavy atom. The van der Waals surface area contributed by atoms with Gasteiger partial charge < -0.3 is 10.1 Å². The first-order chi connectivity index (χ1) is 10.0. The molecule has 2 rings (SSSR count). The van der Waals surface area contributed by atoms with E-state index >= 15 is 0 Å². The number of nitrogens with zero attached hydrogens (tertiary/aromatic N) is 2. The molecule has 0 aliphatic rings. The summed E-state index contributed by atoms with van der Waals surface area (Å²) in [5.74, 6) is -0.309. The van der Waals surface area contributed by atoms with Crippen LogP contribution in [-0.4, -0.2) is 22.9 Å². The summed E-state index contributed by atoms with van der Waals surface area (Å²) in [5, 5.41) is 7.81. The maximum atomic E-state index is 11.4. The van der Waals surface area contributed by atoms with Crippen molar-refractivity contribution in [1.29, 1.82) is 0 Å². The number of rotatable bonds is 5. The van der Waals surface area contributed by atoms with Gasteiger partial charge >= 0.3 is 5.97 Å². The molecule has 0 saturated heterocycles. The molecule has 0 saturated carbocycles. The Bertz CT molecular complexity index is 630. The van der Waals surface area contributed by atoms with Gasteiger partial charge in [0, 0.05) is 31.4 Å².